The molecule has 3 heterocycles. The minimum atomic E-state index is -0.362. The Morgan fingerprint density at radius 3 is 2.27 bits per heavy atom. The van der Waals surface area contributed by atoms with Crippen LogP contribution >= 0.6 is 0 Å². The third-order valence-electron chi connectivity index (χ3n) is 6.87. The number of hydrogen-bond donors (Lipinski definition) is 0. The number of carbonyl (C=O) groups excluding carboxylic acids is 4. The molecule has 4 rings (SSSR count). The highest BCUT2D eigenvalue weighted by molar-refractivity contribution is 6.05. The van der Waals surface area contributed by atoms with Gasteiger partial charge in [-0.15, -0.1) is 0 Å². The molecule has 2 unspecified atom stereocenters. The van der Waals surface area contributed by atoms with Crippen LogP contribution < -0.4 is 0 Å². The van der Waals surface area contributed by atoms with Crippen molar-refractivity contribution in [2.45, 2.75) is 51.0 Å². The van der Waals surface area contributed by atoms with Crippen LogP contribution in [0.3, 0.4) is 0 Å². The van der Waals surface area contributed by atoms with Gasteiger partial charge in [0.05, 0.1) is 18.9 Å². The van der Waals surface area contributed by atoms with E-state index in [-0.39, 0.29) is 54.5 Å². The van der Waals surface area contributed by atoms with Crippen LogP contribution in [0.25, 0.3) is 0 Å². The number of aromatic nitrogens is 1. The molecule has 8 heteroatoms. The Morgan fingerprint density at radius 1 is 1.03 bits per heavy atom. The molecular formula is C22H29N3O5. The smallest absolute Gasteiger partial charge is 0.354 e. The monoisotopic (exact) mass is 415 g/mol. The Morgan fingerprint density at radius 2 is 1.67 bits per heavy atom. The number of fused-ring (bicyclic) bond motifs is 1. The summed E-state index contributed by atoms with van der Waals surface area (Å²) in [5.74, 6) is -0.882. The van der Waals surface area contributed by atoms with Gasteiger partial charge in [0.1, 0.15) is 5.69 Å². The number of carbonyl (C=O) groups is 4. The second-order valence-electron chi connectivity index (χ2n) is 8.48. The topological polar surface area (TPSA) is 88.9 Å². The molecule has 30 heavy (non-hydrogen) atoms. The van der Waals surface area contributed by atoms with E-state index < -0.39 is 0 Å². The predicted molar refractivity (Wildman–Crippen MR) is 107 cm³/mol. The third kappa shape index (κ3) is 3.75. The number of rotatable bonds is 5. The minimum absolute atomic E-state index is 0.0235. The van der Waals surface area contributed by atoms with Gasteiger partial charge in [0.2, 0.25) is 17.7 Å². The molecule has 2 atom stereocenters. The van der Waals surface area contributed by atoms with E-state index in [4.69, 9.17) is 4.74 Å². The van der Waals surface area contributed by atoms with Crippen molar-refractivity contribution in [2.24, 2.45) is 11.8 Å². The Balaban J connectivity index is 1.29. The lowest BCUT2D eigenvalue weighted by Gasteiger charge is -2.33. The molecule has 0 bridgehead atoms. The van der Waals surface area contributed by atoms with E-state index in [2.05, 4.69) is 0 Å². The van der Waals surface area contributed by atoms with Crippen LogP contribution in [-0.2, 0) is 19.1 Å². The zero-order valence-corrected chi connectivity index (χ0v) is 17.4. The highest BCUT2D eigenvalue weighted by atomic mass is 16.5. The van der Waals surface area contributed by atoms with Crippen molar-refractivity contribution in [1.29, 1.82) is 0 Å². The Bertz CT molecular complexity index is 816. The number of hydrogen-bond acceptors (Lipinski definition) is 5. The van der Waals surface area contributed by atoms with E-state index in [0.717, 1.165) is 38.5 Å². The highest BCUT2D eigenvalue weighted by Gasteiger charge is 2.47. The van der Waals surface area contributed by atoms with E-state index in [0.29, 0.717) is 18.8 Å². The molecule has 0 radical (unpaired) electrons. The van der Waals surface area contributed by atoms with Crippen LogP contribution in [-0.4, -0.2) is 64.8 Å². The van der Waals surface area contributed by atoms with Crippen LogP contribution in [0.4, 0.5) is 0 Å². The fourth-order valence-corrected chi connectivity index (χ4v) is 5.20. The number of amides is 3. The van der Waals surface area contributed by atoms with Crippen LogP contribution in [0, 0.1) is 11.8 Å². The average molecular weight is 415 g/mol. The van der Waals surface area contributed by atoms with Gasteiger partial charge in [0.15, 0.2) is 0 Å². The van der Waals surface area contributed by atoms with Crippen molar-refractivity contribution in [2.75, 3.05) is 26.7 Å². The quantitative estimate of drug-likeness (QED) is 0.542. The first-order chi connectivity index (χ1) is 14.5. The summed E-state index contributed by atoms with van der Waals surface area (Å²) in [6, 6.07) is 3.71. The number of piperidine rings is 1. The maximum absolute atomic E-state index is 12.7. The summed E-state index contributed by atoms with van der Waals surface area (Å²) in [6.07, 6.45) is 7.13. The number of methoxy groups -OCH3 is 1. The fourth-order valence-electron chi connectivity index (χ4n) is 5.20. The van der Waals surface area contributed by atoms with Crippen molar-refractivity contribution in [3.63, 3.8) is 0 Å². The first-order valence-corrected chi connectivity index (χ1v) is 10.9. The second kappa shape index (κ2) is 8.62. The molecule has 1 aliphatic carbocycles. The van der Waals surface area contributed by atoms with Crippen molar-refractivity contribution >= 4 is 23.7 Å². The number of ether oxygens (including phenoxy) is 1. The maximum atomic E-state index is 12.7. The fraction of sp³-hybridized carbons (Fsp3) is 0.636. The van der Waals surface area contributed by atoms with Crippen molar-refractivity contribution in [3.8, 4) is 0 Å². The van der Waals surface area contributed by atoms with Gasteiger partial charge < -0.3 is 14.2 Å². The van der Waals surface area contributed by atoms with Gasteiger partial charge in [-0.05, 0) is 37.8 Å². The van der Waals surface area contributed by atoms with E-state index in [9.17, 15) is 19.2 Å². The average Bonchev–Trinajstić information content (AvgIpc) is 3.36. The lowest BCUT2D eigenvalue weighted by molar-refractivity contribution is -0.141. The van der Waals surface area contributed by atoms with Gasteiger partial charge >= 0.3 is 5.97 Å². The molecule has 2 aliphatic heterocycles. The summed E-state index contributed by atoms with van der Waals surface area (Å²) in [6.45, 7) is 1.37. The Kier molecular flexibility index (Phi) is 5.92. The molecule has 1 saturated carbocycles. The molecule has 1 aromatic heterocycles. The standard InChI is InChI=1S/C22H29N3O5/c1-30-22(29)18-7-4-11-24(18)15-8-12-23(13-9-15)19(26)10-14-25-20(27)16-5-2-3-6-17(16)21(25)28/h4,7,11,15-17H,2-3,5-6,8-10,12-14H2,1H3. The molecule has 3 aliphatic rings. The normalized spacial score (nSPS) is 24.8. The summed E-state index contributed by atoms with van der Waals surface area (Å²) < 4.78 is 6.76. The zero-order chi connectivity index (χ0) is 21.3. The van der Waals surface area contributed by atoms with Gasteiger partial charge in [-0.25, -0.2) is 4.79 Å². The van der Waals surface area contributed by atoms with Gasteiger partial charge in [-0.1, -0.05) is 12.8 Å². The number of esters is 1. The third-order valence-corrected chi connectivity index (χ3v) is 6.87. The molecule has 8 nitrogen and oxygen atoms in total. The van der Waals surface area contributed by atoms with Gasteiger partial charge in [-0.3, -0.25) is 19.3 Å². The van der Waals surface area contributed by atoms with Crippen molar-refractivity contribution in [1.82, 2.24) is 14.4 Å². The molecule has 162 valence electrons. The van der Waals surface area contributed by atoms with E-state index in [1.165, 1.54) is 12.0 Å². The van der Waals surface area contributed by atoms with Crippen LogP contribution in [0.1, 0.15) is 61.5 Å². The summed E-state index contributed by atoms with van der Waals surface area (Å²) in [5.41, 5.74) is 0.523. The molecule has 3 fully saturated rings. The molecule has 1 aromatic rings. The lowest BCUT2D eigenvalue weighted by atomic mass is 9.81. The van der Waals surface area contributed by atoms with Crippen molar-refractivity contribution < 1.29 is 23.9 Å². The largest absolute Gasteiger partial charge is 0.464 e. The molecular weight excluding hydrogens is 386 g/mol. The van der Waals surface area contributed by atoms with Gasteiger partial charge in [0.25, 0.3) is 0 Å². The lowest BCUT2D eigenvalue weighted by Crippen LogP contribution is -2.41. The van der Waals surface area contributed by atoms with Crippen LogP contribution in [0.15, 0.2) is 18.3 Å². The molecule has 2 saturated heterocycles. The summed E-state index contributed by atoms with van der Waals surface area (Å²) in [4.78, 5) is 52.9. The Labute approximate surface area is 176 Å². The predicted octanol–water partition coefficient (Wildman–Crippen LogP) is 2.00. The summed E-state index contributed by atoms with van der Waals surface area (Å²) >= 11 is 0. The van der Waals surface area contributed by atoms with Gasteiger partial charge in [0, 0.05) is 38.3 Å². The molecule has 0 N–H and O–H groups in total. The van der Waals surface area contributed by atoms with Crippen molar-refractivity contribution in [3.05, 3.63) is 24.0 Å². The maximum Gasteiger partial charge on any atom is 0.354 e. The Hall–Kier alpha value is -2.64. The molecule has 0 aromatic carbocycles. The molecule has 0 spiro atoms. The highest BCUT2D eigenvalue weighted by Crippen LogP contribution is 2.38. The SMILES string of the molecule is COC(=O)c1cccn1C1CCN(C(=O)CCN2C(=O)C3CCCCC3C2=O)CC1. The first kappa shape index (κ1) is 20.6. The van der Waals surface area contributed by atoms with Gasteiger partial charge in [-0.2, -0.15) is 0 Å². The minimum Gasteiger partial charge on any atom is -0.464 e. The summed E-state index contributed by atoms with van der Waals surface area (Å²) in [7, 11) is 1.37. The molecule has 3 amide bonds. The van der Waals surface area contributed by atoms with E-state index in [1.807, 2.05) is 16.8 Å². The zero-order valence-electron chi connectivity index (χ0n) is 17.4. The first-order valence-electron chi connectivity index (χ1n) is 10.9. The number of nitrogens with zero attached hydrogens (tertiary/aromatic N) is 3. The number of likely N-dealkylation sites (tertiary alicyclic amines) is 2. The van der Waals surface area contributed by atoms with Crippen LogP contribution in [0.2, 0.25) is 0 Å². The van der Waals surface area contributed by atoms with E-state index in [1.54, 1.807) is 11.0 Å². The van der Waals surface area contributed by atoms with E-state index >= 15 is 0 Å². The van der Waals surface area contributed by atoms with Crippen LogP contribution in [0.5, 0.6) is 0 Å². The second-order valence-corrected chi connectivity index (χ2v) is 8.48. The number of imide groups is 1. The summed E-state index contributed by atoms with van der Waals surface area (Å²) in [5, 5.41) is 0.